The average molecular weight is 280 g/mol. The number of hydrogen-bond acceptors (Lipinski definition) is 7. The lowest BCUT2D eigenvalue weighted by atomic mass is 10.6. The Labute approximate surface area is 110 Å². The molecular formula is C9H6ClN7O2. The van der Waals surface area contributed by atoms with Crippen LogP contribution >= 0.6 is 11.6 Å². The highest BCUT2D eigenvalue weighted by Crippen LogP contribution is 2.13. The topological polar surface area (TPSA) is 100 Å². The van der Waals surface area contributed by atoms with E-state index in [2.05, 4.69) is 29.9 Å². The minimum absolute atomic E-state index is 0.0660. The molecule has 0 atom stereocenters. The molecule has 3 rings (SSSR count). The molecule has 0 aromatic carbocycles. The molecule has 0 spiro atoms. The molecule has 3 aromatic rings. The number of fused-ring (bicyclic) bond motifs is 1. The Morgan fingerprint density at radius 3 is 3.05 bits per heavy atom. The van der Waals surface area contributed by atoms with E-state index < -0.39 is 5.97 Å². The first kappa shape index (κ1) is 11.5. The first-order valence-electron chi connectivity index (χ1n) is 5.05. The van der Waals surface area contributed by atoms with Crippen molar-refractivity contribution in [3.63, 3.8) is 0 Å². The Balaban J connectivity index is 2.16. The summed E-state index contributed by atoms with van der Waals surface area (Å²) < 4.78 is 7.28. The summed E-state index contributed by atoms with van der Waals surface area (Å²) in [6.07, 6.45) is 2.68. The molecule has 3 aromatic heterocycles. The Bertz CT molecular complexity index is 765. The van der Waals surface area contributed by atoms with Crippen molar-refractivity contribution in [3.05, 3.63) is 29.7 Å². The van der Waals surface area contributed by atoms with Crippen LogP contribution in [0.5, 0.6) is 0 Å². The van der Waals surface area contributed by atoms with E-state index in [0.717, 1.165) is 0 Å². The minimum Gasteiger partial charge on any atom is -0.463 e. The van der Waals surface area contributed by atoms with Gasteiger partial charge in [0, 0.05) is 6.07 Å². The normalized spacial score (nSPS) is 10.8. The minimum atomic E-state index is -0.631. The molecule has 9 nitrogen and oxygen atoms in total. The summed E-state index contributed by atoms with van der Waals surface area (Å²) >= 11 is 5.88. The molecule has 0 fully saturated rings. The number of ether oxygens (including phenoxy) is 1. The third kappa shape index (κ3) is 1.89. The van der Waals surface area contributed by atoms with Crippen LogP contribution in [0.25, 0.3) is 11.6 Å². The van der Waals surface area contributed by atoms with Gasteiger partial charge in [-0.2, -0.15) is 19.6 Å². The molecule has 0 aliphatic heterocycles. The van der Waals surface area contributed by atoms with E-state index in [-0.39, 0.29) is 11.0 Å². The fraction of sp³-hybridized carbons (Fsp3) is 0.111. The zero-order valence-electron chi connectivity index (χ0n) is 9.56. The Kier molecular flexibility index (Phi) is 2.60. The number of halogens is 1. The molecule has 19 heavy (non-hydrogen) atoms. The summed E-state index contributed by atoms with van der Waals surface area (Å²) in [7, 11) is 1.25. The highest BCUT2D eigenvalue weighted by molar-refractivity contribution is 6.29. The van der Waals surface area contributed by atoms with Crippen molar-refractivity contribution >= 4 is 23.3 Å². The summed E-state index contributed by atoms with van der Waals surface area (Å²) in [6.45, 7) is 0. The van der Waals surface area contributed by atoms with E-state index in [1.54, 1.807) is 0 Å². The summed E-state index contributed by atoms with van der Waals surface area (Å²) in [5.74, 6) is 0.0743. The van der Waals surface area contributed by atoms with Gasteiger partial charge in [-0.15, -0.1) is 5.10 Å². The van der Waals surface area contributed by atoms with Gasteiger partial charge < -0.3 is 4.74 Å². The highest BCUT2D eigenvalue weighted by Gasteiger charge is 2.15. The van der Waals surface area contributed by atoms with Gasteiger partial charge in [0.05, 0.1) is 7.11 Å². The second kappa shape index (κ2) is 4.28. The zero-order valence-corrected chi connectivity index (χ0v) is 10.3. The average Bonchev–Trinajstić information content (AvgIpc) is 3.05. The SMILES string of the molecule is COC(=O)c1ncn(-c2cc(Cl)nc3ncnn23)n1. The van der Waals surface area contributed by atoms with Gasteiger partial charge in [-0.1, -0.05) is 11.6 Å². The van der Waals surface area contributed by atoms with Crippen molar-refractivity contribution in [1.29, 1.82) is 0 Å². The van der Waals surface area contributed by atoms with Crippen molar-refractivity contribution in [3.8, 4) is 5.82 Å². The maximum atomic E-state index is 11.3. The molecule has 10 heteroatoms. The van der Waals surface area contributed by atoms with Crippen LogP contribution in [0.4, 0.5) is 0 Å². The summed E-state index contributed by atoms with van der Waals surface area (Å²) in [4.78, 5) is 23.0. The fourth-order valence-electron chi connectivity index (χ4n) is 1.49. The predicted molar refractivity (Wildman–Crippen MR) is 62.0 cm³/mol. The van der Waals surface area contributed by atoms with Crippen LogP contribution in [-0.2, 0) is 4.74 Å². The van der Waals surface area contributed by atoms with E-state index in [9.17, 15) is 4.79 Å². The predicted octanol–water partition coefficient (Wildman–Crippen LogP) is 0.145. The Morgan fingerprint density at radius 1 is 1.42 bits per heavy atom. The molecule has 3 heterocycles. The molecule has 0 N–H and O–H groups in total. The van der Waals surface area contributed by atoms with Gasteiger partial charge >= 0.3 is 5.97 Å². The number of aromatic nitrogens is 7. The summed E-state index contributed by atoms with van der Waals surface area (Å²) in [5.41, 5.74) is 0. The van der Waals surface area contributed by atoms with E-state index in [0.29, 0.717) is 11.6 Å². The molecule has 0 aliphatic carbocycles. The van der Waals surface area contributed by atoms with Crippen LogP contribution < -0.4 is 0 Å². The maximum Gasteiger partial charge on any atom is 0.377 e. The van der Waals surface area contributed by atoms with Crippen molar-refractivity contribution in [2.75, 3.05) is 7.11 Å². The second-order valence-corrected chi connectivity index (χ2v) is 3.80. The first-order valence-corrected chi connectivity index (χ1v) is 5.43. The van der Waals surface area contributed by atoms with E-state index in [4.69, 9.17) is 11.6 Å². The van der Waals surface area contributed by atoms with Crippen LogP contribution in [0.1, 0.15) is 10.6 Å². The lowest BCUT2D eigenvalue weighted by molar-refractivity contribution is 0.0587. The van der Waals surface area contributed by atoms with Gasteiger partial charge in [0.2, 0.25) is 0 Å². The van der Waals surface area contributed by atoms with Crippen LogP contribution in [0.3, 0.4) is 0 Å². The molecule has 0 saturated heterocycles. The van der Waals surface area contributed by atoms with E-state index in [1.165, 1.54) is 35.0 Å². The Hall–Kier alpha value is -2.55. The van der Waals surface area contributed by atoms with E-state index >= 15 is 0 Å². The summed E-state index contributed by atoms with van der Waals surface area (Å²) in [6, 6.07) is 1.53. The number of nitrogens with zero attached hydrogens (tertiary/aromatic N) is 7. The molecule has 96 valence electrons. The number of methoxy groups -OCH3 is 1. The lowest BCUT2D eigenvalue weighted by Crippen LogP contribution is -2.08. The van der Waals surface area contributed by atoms with E-state index in [1.807, 2.05) is 0 Å². The molecule has 0 aliphatic rings. The van der Waals surface area contributed by atoms with Crippen LogP contribution in [-0.4, -0.2) is 47.4 Å². The number of hydrogen-bond donors (Lipinski definition) is 0. The van der Waals surface area contributed by atoms with Gasteiger partial charge in [0.15, 0.2) is 5.82 Å². The second-order valence-electron chi connectivity index (χ2n) is 3.41. The third-order valence-electron chi connectivity index (χ3n) is 2.30. The quantitative estimate of drug-likeness (QED) is 0.486. The van der Waals surface area contributed by atoms with Gasteiger partial charge in [0.1, 0.15) is 17.8 Å². The fourth-order valence-corrected chi connectivity index (χ4v) is 1.66. The van der Waals surface area contributed by atoms with Crippen LogP contribution in [0, 0.1) is 0 Å². The number of carbonyl (C=O) groups is 1. The van der Waals surface area contributed by atoms with Crippen molar-refractivity contribution < 1.29 is 9.53 Å². The van der Waals surface area contributed by atoms with Gasteiger partial charge in [-0.3, -0.25) is 0 Å². The summed E-state index contributed by atoms with van der Waals surface area (Å²) in [5, 5.41) is 8.20. The molecule has 0 unspecified atom stereocenters. The third-order valence-corrected chi connectivity index (χ3v) is 2.49. The molecular weight excluding hydrogens is 274 g/mol. The standard InChI is InChI=1S/C9H6ClN7O2/c1-19-8(18)7-12-4-16(15-7)6-2-5(10)14-9-11-3-13-17(6)9/h2-4H,1H3. The Morgan fingerprint density at radius 2 is 2.26 bits per heavy atom. The van der Waals surface area contributed by atoms with Gasteiger partial charge in [0.25, 0.3) is 11.6 Å². The van der Waals surface area contributed by atoms with Crippen LogP contribution in [0.15, 0.2) is 18.7 Å². The number of carbonyl (C=O) groups excluding carboxylic acids is 1. The molecule has 0 saturated carbocycles. The molecule has 0 radical (unpaired) electrons. The van der Waals surface area contributed by atoms with Crippen molar-refractivity contribution in [2.24, 2.45) is 0 Å². The van der Waals surface area contributed by atoms with Gasteiger partial charge in [-0.25, -0.2) is 14.5 Å². The van der Waals surface area contributed by atoms with Gasteiger partial charge in [-0.05, 0) is 0 Å². The monoisotopic (exact) mass is 279 g/mol. The van der Waals surface area contributed by atoms with Crippen molar-refractivity contribution in [2.45, 2.75) is 0 Å². The molecule has 0 amide bonds. The largest absolute Gasteiger partial charge is 0.463 e. The highest BCUT2D eigenvalue weighted by atomic mass is 35.5. The smallest absolute Gasteiger partial charge is 0.377 e. The zero-order chi connectivity index (χ0) is 13.4. The first-order chi connectivity index (χ1) is 9.19. The maximum absolute atomic E-state index is 11.3. The molecule has 0 bridgehead atoms. The number of rotatable bonds is 2. The number of esters is 1. The lowest BCUT2D eigenvalue weighted by Gasteiger charge is -2.02. The van der Waals surface area contributed by atoms with Crippen molar-refractivity contribution in [1.82, 2.24) is 34.3 Å². The van der Waals surface area contributed by atoms with Crippen LogP contribution in [0.2, 0.25) is 5.15 Å².